The zero-order valence-corrected chi connectivity index (χ0v) is 12.8. The van der Waals surface area contributed by atoms with Crippen LogP contribution in [0.4, 0.5) is 0 Å². The summed E-state index contributed by atoms with van der Waals surface area (Å²) in [6, 6.07) is 8.46. The number of nitrogens with two attached hydrogens (primary N) is 1. The lowest BCUT2D eigenvalue weighted by atomic mass is 10.0. The lowest BCUT2D eigenvalue weighted by Crippen LogP contribution is -2.08. The van der Waals surface area contributed by atoms with Crippen LogP contribution in [-0.4, -0.2) is 13.2 Å². The Morgan fingerprint density at radius 1 is 1.06 bits per heavy atom. The van der Waals surface area contributed by atoms with Gasteiger partial charge in [-0.1, -0.05) is 58.9 Å². The van der Waals surface area contributed by atoms with E-state index in [2.05, 4.69) is 31.2 Å². The van der Waals surface area contributed by atoms with E-state index in [1.165, 1.54) is 11.1 Å². The van der Waals surface area contributed by atoms with Crippen LogP contribution >= 0.6 is 0 Å². The first kappa shape index (κ1) is 19.5. The monoisotopic (exact) mass is 253 g/mol. The van der Waals surface area contributed by atoms with Crippen molar-refractivity contribution in [3.8, 4) is 0 Å². The van der Waals surface area contributed by atoms with Gasteiger partial charge in [-0.3, -0.25) is 0 Å². The summed E-state index contributed by atoms with van der Waals surface area (Å²) in [5.41, 5.74) is 7.84. The first-order chi connectivity index (χ1) is 8.88. The van der Waals surface area contributed by atoms with Crippen LogP contribution in [0.3, 0.4) is 0 Å². The molecule has 2 N–H and O–H groups in total. The van der Waals surface area contributed by atoms with Crippen molar-refractivity contribution >= 4 is 0 Å². The molecule has 1 aromatic carbocycles. The lowest BCUT2D eigenvalue weighted by Gasteiger charge is -2.14. The second kappa shape index (κ2) is 16.1. The van der Waals surface area contributed by atoms with E-state index in [0.29, 0.717) is 0 Å². The molecule has 1 aromatic rings. The van der Waals surface area contributed by atoms with E-state index in [1.807, 2.05) is 27.7 Å². The molecule has 106 valence electrons. The highest BCUT2D eigenvalue weighted by molar-refractivity contribution is 5.27. The van der Waals surface area contributed by atoms with Crippen LogP contribution in [0, 0.1) is 0 Å². The molecule has 0 saturated carbocycles. The van der Waals surface area contributed by atoms with E-state index in [4.69, 9.17) is 10.5 Å². The Kier molecular flexibility index (Phi) is 17.5. The minimum Gasteiger partial charge on any atom is -0.376 e. The molecule has 2 rings (SSSR count). The highest BCUT2D eigenvalue weighted by atomic mass is 16.5. The molecule has 0 amide bonds. The Hall–Kier alpha value is -0.860. The summed E-state index contributed by atoms with van der Waals surface area (Å²) in [5, 5.41) is 0. The third kappa shape index (κ3) is 9.20. The van der Waals surface area contributed by atoms with Gasteiger partial charge in [0.1, 0.15) is 0 Å². The van der Waals surface area contributed by atoms with Crippen molar-refractivity contribution in [1.29, 1.82) is 0 Å². The Balaban J connectivity index is 0. The van der Waals surface area contributed by atoms with Gasteiger partial charge in [0.2, 0.25) is 0 Å². The molecule has 0 bridgehead atoms. The van der Waals surface area contributed by atoms with E-state index in [1.54, 1.807) is 0 Å². The Morgan fingerprint density at radius 3 is 2.00 bits per heavy atom. The average Bonchev–Trinajstić information content (AvgIpc) is 2.51. The van der Waals surface area contributed by atoms with Gasteiger partial charge in [-0.05, 0) is 30.5 Å². The Morgan fingerprint density at radius 2 is 1.56 bits per heavy atom. The maximum absolute atomic E-state index is 5.30. The van der Waals surface area contributed by atoms with Crippen molar-refractivity contribution in [2.45, 2.75) is 54.1 Å². The third-order valence-corrected chi connectivity index (χ3v) is 2.18. The molecule has 18 heavy (non-hydrogen) atoms. The van der Waals surface area contributed by atoms with Gasteiger partial charge in [0.25, 0.3) is 0 Å². The predicted octanol–water partition coefficient (Wildman–Crippen LogP) is 4.17. The third-order valence-electron chi connectivity index (χ3n) is 2.18. The summed E-state index contributed by atoms with van der Waals surface area (Å²) in [6.45, 7) is 12.6. The quantitative estimate of drug-likeness (QED) is 0.815. The minimum atomic E-state index is 0.802. The Bertz CT molecular complexity index is 234. The van der Waals surface area contributed by atoms with Gasteiger partial charge >= 0.3 is 0 Å². The molecule has 0 atom stereocenters. The maximum atomic E-state index is 5.30. The van der Waals surface area contributed by atoms with Gasteiger partial charge in [-0.25, -0.2) is 0 Å². The zero-order valence-electron chi connectivity index (χ0n) is 12.8. The van der Waals surface area contributed by atoms with Crippen LogP contribution in [0.5, 0.6) is 0 Å². The standard InChI is InChI=1S/C9H10O.C3H9N.2C2H6/c1-2-4-9-7-10-6-5-8(9)3-1;1-2-3-4;2*1-2/h1-4H,5-7H2;2-4H2,1H3;2*1-2H3. The second-order valence-corrected chi connectivity index (χ2v) is 3.36. The van der Waals surface area contributed by atoms with E-state index in [-0.39, 0.29) is 0 Å². The highest BCUT2D eigenvalue weighted by Crippen LogP contribution is 2.14. The molecular formula is C16H31NO. The molecule has 1 aliphatic heterocycles. The van der Waals surface area contributed by atoms with Crippen molar-refractivity contribution in [3.63, 3.8) is 0 Å². The molecule has 0 spiro atoms. The molecule has 2 heteroatoms. The van der Waals surface area contributed by atoms with Gasteiger partial charge in [0.15, 0.2) is 0 Å². The number of hydrogen-bond donors (Lipinski definition) is 1. The van der Waals surface area contributed by atoms with Crippen molar-refractivity contribution in [2.75, 3.05) is 13.2 Å². The molecule has 0 saturated heterocycles. The van der Waals surface area contributed by atoms with Crippen LogP contribution in [0.2, 0.25) is 0 Å². The summed E-state index contributed by atoms with van der Waals surface area (Å²) >= 11 is 0. The normalized spacial score (nSPS) is 11.4. The first-order valence-electron chi connectivity index (χ1n) is 7.23. The molecule has 0 unspecified atom stereocenters. The summed E-state index contributed by atoms with van der Waals surface area (Å²) in [6.07, 6.45) is 2.18. The molecule has 0 fully saturated rings. The predicted molar refractivity (Wildman–Crippen MR) is 81.8 cm³/mol. The van der Waals surface area contributed by atoms with Gasteiger partial charge in [0.05, 0.1) is 13.2 Å². The van der Waals surface area contributed by atoms with Crippen molar-refractivity contribution in [2.24, 2.45) is 5.73 Å². The topological polar surface area (TPSA) is 35.2 Å². The smallest absolute Gasteiger partial charge is 0.0719 e. The molecular weight excluding hydrogens is 222 g/mol. The summed E-state index contributed by atoms with van der Waals surface area (Å²) < 4.78 is 5.30. The lowest BCUT2D eigenvalue weighted by molar-refractivity contribution is 0.111. The van der Waals surface area contributed by atoms with Gasteiger partial charge in [0, 0.05) is 0 Å². The van der Waals surface area contributed by atoms with Crippen molar-refractivity contribution in [1.82, 2.24) is 0 Å². The molecule has 1 heterocycles. The summed E-state index contributed by atoms with van der Waals surface area (Å²) in [5.74, 6) is 0. The van der Waals surface area contributed by atoms with Crippen LogP contribution in [0.1, 0.15) is 52.2 Å². The van der Waals surface area contributed by atoms with E-state index >= 15 is 0 Å². The van der Waals surface area contributed by atoms with Crippen LogP contribution in [-0.2, 0) is 17.8 Å². The summed E-state index contributed by atoms with van der Waals surface area (Å²) in [7, 11) is 0. The van der Waals surface area contributed by atoms with Gasteiger partial charge in [-0.2, -0.15) is 0 Å². The molecule has 0 radical (unpaired) electrons. The van der Waals surface area contributed by atoms with E-state index in [0.717, 1.165) is 32.6 Å². The average molecular weight is 253 g/mol. The molecule has 0 aliphatic carbocycles. The van der Waals surface area contributed by atoms with Crippen LogP contribution < -0.4 is 5.73 Å². The number of fused-ring (bicyclic) bond motifs is 1. The van der Waals surface area contributed by atoms with Crippen molar-refractivity contribution in [3.05, 3.63) is 35.4 Å². The maximum Gasteiger partial charge on any atom is 0.0719 e. The summed E-state index contributed by atoms with van der Waals surface area (Å²) in [4.78, 5) is 0. The van der Waals surface area contributed by atoms with Gasteiger partial charge < -0.3 is 10.5 Å². The molecule has 2 nitrogen and oxygen atoms in total. The van der Waals surface area contributed by atoms with Crippen LogP contribution in [0.15, 0.2) is 24.3 Å². The largest absolute Gasteiger partial charge is 0.376 e. The first-order valence-corrected chi connectivity index (χ1v) is 7.23. The van der Waals surface area contributed by atoms with Crippen molar-refractivity contribution < 1.29 is 4.74 Å². The van der Waals surface area contributed by atoms with Crippen LogP contribution in [0.25, 0.3) is 0 Å². The molecule has 0 aromatic heterocycles. The van der Waals surface area contributed by atoms with E-state index < -0.39 is 0 Å². The number of ether oxygens (including phenoxy) is 1. The number of hydrogen-bond acceptors (Lipinski definition) is 2. The fraction of sp³-hybridized carbons (Fsp3) is 0.625. The highest BCUT2D eigenvalue weighted by Gasteiger charge is 2.06. The fourth-order valence-corrected chi connectivity index (χ4v) is 1.31. The van der Waals surface area contributed by atoms with Gasteiger partial charge in [-0.15, -0.1) is 0 Å². The number of rotatable bonds is 1. The fourth-order valence-electron chi connectivity index (χ4n) is 1.31. The number of benzene rings is 1. The minimum absolute atomic E-state index is 0.802. The zero-order chi connectivity index (χ0) is 14.2. The SMILES string of the molecule is CC.CC.CCCN.c1ccc2c(c1)CCOC2. The van der Waals surface area contributed by atoms with E-state index in [9.17, 15) is 0 Å². The Labute approximate surface area is 114 Å². The molecule has 1 aliphatic rings. The second-order valence-electron chi connectivity index (χ2n) is 3.36.